The van der Waals surface area contributed by atoms with Crippen molar-refractivity contribution in [2.45, 2.75) is 12.5 Å². The van der Waals surface area contributed by atoms with E-state index in [0.29, 0.717) is 17.4 Å². The number of anilines is 1. The summed E-state index contributed by atoms with van der Waals surface area (Å²) in [4.78, 5) is 16.1. The number of aromatic nitrogens is 1. The van der Waals surface area contributed by atoms with Gasteiger partial charge in [0, 0.05) is 6.42 Å². The third-order valence-corrected chi connectivity index (χ3v) is 3.12. The number of carbonyl (C=O) groups is 1. The molecule has 5 heteroatoms. The quantitative estimate of drug-likeness (QED) is 0.857. The molecule has 1 amide bonds. The first-order chi connectivity index (χ1) is 9.22. The van der Waals surface area contributed by atoms with Crippen LogP contribution in [-0.2, 0) is 11.2 Å². The highest BCUT2D eigenvalue weighted by Crippen LogP contribution is 2.28. The monoisotopic (exact) mass is 274 g/mol. The van der Waals surface area contributed by atoms with Gasteiger partial charge in [-0.1, -0.05) is 35.9 Å². The van der Waals surface area contributed by atoms with Gasteiger partial charge in [-0.25, -0.2) is 4.98 Å². The Morgan fingerprint density at radius 2 is 2.11 bits per heavy atom. The average Bonchev–Trinajstić information content (AvgIpc) is 2.82. The number of carbonyl (C=O) groups excluding carboxylic acids is 1. The second kappa shape index (κ2) is 4.90. The molecule has 2 aromatic rings. The Hall–Kier alpha value is -2.07. The lowest BCUT2D eigenvalue weighted by atomic mass is 10.1. The fraction of sp³-hybridized carbons (Fsp3) is 0.143. The van der Waals surface area contributed by atoms with Crippen LogP contribution in [0, 0.1) is 0 Å². The molecule has 96 valence electrons. The van der Waals surface area contributed by atoms with E-state index in [4.69, 9.17) is 16.3 Å². The standard InChI is InChI=1S/C14H11ClN2O2/c15-12-6-3-7-13(16-12)17-14(18)11-8-9-4-1-2-5-10(9)19-11/h1-7,11H,8H2,(H,16,17,18). The summed E-state index contributed by atoms with van der Waals surface area (Å²) in [6.07, 6.45) is 0.0564. The molecule has 1 aromatic heterocycles. The van der Waals surface area contributed by atoms with Gasteiger partial charge >= 0.3 is 0 Å². The van der Waals surface area contributed by atoms with Crippen LogP contribution in [0.15, 0.2) is 42.5 Å². The van der Waals surface area contributed by atoms with Gasteiger partial charge in [-0.3, -0.25) is 4.79 Å². The Balaban J connectivity index is 1.70. The van der Waals surface area contributed by atoms with Gasteiger partial charge in [0.1, 0.15) is 16.7 Å². The number of ether oxygens (including phenoxy) is 1. The predicted octanol–water partition coefficient (Wildman–Crippen LogP) is 2.68. The van der Waals surface area contributed by atoms with Crippen LogP contribution < -0.4 is 10.1 Å². The number of pyridine rings is 1. The first kappa shape index (κ1) is 12.0. The van der Waals surface area contributed by atoms with Gasteiger partial charge in [0.2, 0.25) is 0 Å². The Labute approximate surface area is 115 Å². The fourth-order valence-electron chi connectivity index (χ4n) is 2.01. The predicted molar refractivity (Wildman–Crippen MR) is 72.4 cm³/mol. The molecule has 1 aliphatic heterocycles. The van der Waals surface area contributed by atoms with Crippen LogP contribution in [0.2, 0.25) is 5.15 Å². The van der Waals surface area contributed by atoms with Crippen molar-refractivity contribution in [3.8, 4) is 5.75 Å². The lowest BCUT2D eigenvalue weighted by molar-refractivity contribution is -0.122. The van der Waals surface area contributed by atoms with E-state index in [-0.39, 0.29) is 5.91 Å². The molecule has 0 fully saturated rings. The number of nitrogens with zero attached hydrogens (tertiary/aromatic N) is 1. The Bertz CT molecular complexity index is 605. The molecule has 0 spiro atoms. The van der Waals surface area contributed by atoms with Gasteiger partial charge in [0.25, 0.3) is 5.91 Å². The molecule has 1 aromatic carbocycles. The van der Waals surface area contributed by atoms with Crippen molar-refractivity contribution >= 4 is 23.3 Å². The van der Waals surface area contributed by atoms with E-state index in [1.54, 1.807) is 18.2 Å². The molecule has 0 saturated heterocycles. The third-order valence-electron chi connectivity index (χ3n) is 2.91. The van der Waals surface area contributed by atoms with E-state index in [1.165, 1.54) is 0 Å². The van der Waals surface area contributed by atoms with Crippen LogP contribution in [0.25, 0.3) is 0 Å². The van der Waals surface area contributed by atoms with Gasteiger partial charge < -0.3 is 10.1 Å². The zero-order chi connectivity index (χ0) is 13.2. The molecule has 19 heavy (non-hydrogen) atoms. The maximum atomic E-state index is 12.1. The largest absolute Gasteiger partial charge is 0.480 e. The van der Waals surface area contributed by atoms with E-state index < -0.39 is 6.10 Å². The summed E-state index contributed by atoms with van der Waals surface area (Å²) >= 11 is 5.77. The van der Waals surface area contributed by atoms with Crippen LogP contribution in [-0.4, -0.2) is 17.0 Å². The van der Waals surface area contributed by atoms with Crippen LogP contribution in [0.1, 0.15) is 5.56 Å². The number of benzene rings is 1. The molecule has 2 heterocycles. The molecule has 1 N–H and O–H groups in total. The molecular formula is C14H11ClN2O2. The van der Waals surface area contributed by atoms with Gasteiger partial charge in [0.15, 0.2) is 6.10 Å². The summed E-state index contributed by atoms with van der Waals surface area (Å²) in [6, 6.07) is 12.7. The van der Waals surface area contributed by atoms with Crippen molar-refractivity contribution in [2.75, 3.05) is 5.32 Å². The van der Waals surface area contributed by atoms with Gasteiger partial charge in [-0.15, -0.1) is 0 Å². The highest BCUT2D eigenvalue weighted by molar-refractivity contribution is 6.29. The lowest BCUT2D eigenvalue weighted by Gasteiger charge is -2.10. The van der Waals surface area contributed by atoms with Gasteiger partial charge in [-0.05, 0) is 23.8 Å². The number of hydrogen-bond donors (Lipinski definition) is 1. The van der Waals surface area contributed by atoms with E-state index in [1.807, 2.05) is 24.3 Å². The maximum Gasteiger partial charge on any atom is 0.266 e. The summed E-state index contributed by atoms with van der Waals surface area (Å²) in [5, 5.41) is 3.04. The summed E-state index contributed by atoms with van der Waals surface area (Å²) in [7, 11) is 0. The molecule has 0 aliphatic carbocycles. The highest BCUT2D eigenvalue weighted by atomic mass is 35.5. The van der Waals surface area contributed by atoms with Crippen molar-refractivity contribution in [3.05, 3.63) is 53.2 Å². The van der Waals surface area contributed by atoms with Crippen molar-refractivity contribution < 1.29 is 9.53 Å². The van der Waals surface area contributed by atoms with Crippen LogP contribution in [0.4, 0.5) is 5.82 Å². The highest BCUT2D eigenvalue weighted by Gasteiger charge is 2.28. The molecule has 4 nitrogen and oxygen atoms in total. The SMILES string of the molecule is O=C(Nc1cccc(Cl)n1)C1Cc2ccccc2O1. The fourth-order valence-corrected chi connectivity index (χ4v) is 2.18. The molecule has 1 unspecified atom stereocenters. The van der Waals surface area contributed by atoms with Crippen molar-refractivity contribution in [1.29, 1.82) is 0 Å². The smallest absolute Gasteiger partial charge is 0.266 e. The zero-order valence-corrected chi connectivity index (χ0v) is 10.7. The first-order valence-corrected chi connectivity index (χ1v) is 6.28. The average molecular weight is 275 g/mol. The minimum Gasteiger partial charge on any atom is -0.480 e. The number of nitrogens with one attached hydrogen (secondary N) is 1. The van der Waals surface area contributed by atoms with E-state index in [2.05, 4.69) is 10.3 Å². The maximum absolute atomic E-state index is 12.1. The molecule has 0 radical (unpaired) electrons. The minimum atomic E-state index is -0.516. The molecule has 1 atom stereocenters. The zero-order valence-electron chi connectivity index (χ0n) is 9.97. The summed E-state index contributed by atoms with van der Waals surface area (Å²) in [5.74, 6) is 0.977. The minimum absolute atomic E-state index is 0.217. The van der Waals surface area contributed by atoms with Gasteiger partial charge in [-0.2, -0.15) is 0 Å². The Morgan fingerprint density at radius 1 is 1.26 bits per heavy atom. The van der Waals surface area contributed by atoms with E-state index in [9.17, 15) is 4.79 Å². The number of para-hydroxylation sites is 1. The van der Waals surface area contributed by atoms with Crippen molar-refractivity contribution in [2.24, 2.45) is 0 Å². The number of halogens is 1. The Kier molecular flexibility index (Phi) is 3.09. The molecule has 0 bridgehead atoms. The van der Waals surface area contributed by atoms with Crippen LogP contribution in [0.5, 0.6) is 5.75 Å². The molecule has 3 rings (SSSR count). The van der Waals surface area contributed by atoms with E-state index >= 15 is 0 Å². The topological polar surface area (TPSA) is 51.2 Å². The molecule has 0 saturated carbocycles. The second-order valence-corrected chi connectivity index (χ2v) is 4.64. The summed E-state index contributed by atoms with van der Waals surface area (Å²) in [5.41, 5.74) is 1.04. The Morgan fingerprint density at radius 3 is 2.89 bits per heavy atom. The van der Waals surface area contributed by atoms with E-state index in [0.717, 1.165) is 11.3 Å². The number of rotatable bonds is 2. The first-order valence-electron chi connectivity index (χ1n) is 5.90. The summed E-state index contributed by atoms with van der Waals surface area (Å²) in [6.45, 7) is 0. The number of amides is 1. The van der Waals surface area contributed by atoms with Gasteiger partial charge in [0.05, 0.1) is 0 Å². The molecular weight excluding hydrogens is 264 g/mol. The molecule has 1 aliphatic rings. The van der Waals surface area contributed by atoms with Crippen molar-refractivity contribution in [3.63, 3.8) is 0 Å². The van der Waals surface area contributed by atoms with Crippen molar-refractivity contribution in [1.82, 2.24) is 4.98 Å². The third kappa shape index (κ3) is 2.53. The van der Waals surface area contributed by atoms with Crippen LogP contribution >= 0.6 is 11.6 Å². The number of hydrogen-bond acceptors (Lipinski definition) is 3. The lowest BCUT2D eigenvalue weighted by Crippen LogP contribution is -2.31. The van der Waals surface area contributed by atoms with Crippen LogP contribution in [0.3, 0.4) is 0 Å². The number of fused-ring (bicyclic) bond motifs is 1. The normalized spacial score (nSPS) is 16.6. The second-order valence-electron chi connectivity index (χ2n) is 4.25. The summed E-state index contributed by atoms with van der Waals surface area (Å²) < 4.78 is 5.60.